The van der Waals surface area contributed by atoms with E-state index < -0.39 is 10.0 Å². The molecule has 0 atom stereocenters. The molecule has 3 nitrogen and oxygen atoms in total. The summed E-state index contributed by atoms with van der Waals surface area (Å²) in [5.41, 5.74) is 1.78. The van der Waals surface area contributed by atoms with Gasteiger partial charge in [-0.1, -0.05) is 23.6 Å². The molecule has 19 heavy (non-hydrogen) atoms. The van der Waals surface area contributed by atoms with Crippen LogP contribution in [-0.4, -0.2) is 8.42 Å². The molecule has 0 aliphatic heterocycles. The number of halogens is 1. The minimum atomic E-state index is -3.62. The minimum Gasteiger partial charge on any atom is -0.279 e. The van der Waals surface area contributed by atoms with Crippen molar-refractivity contribution in [3.63, 3.8) is 0 Å². The van der Waals surface area contributed by atoms with Crippen molar-refractivity contribution in [1.82, 2.24) is 0 Å². The van der Waals surface area contributed by atoms with E-state index in [1.807, 2.05) is 0 Å². The van der Waals surface area contributed by atoms with Crippen molar-refractivity contribution in [1.29, 1.82) is 0 Å². The topological polar surface area (TPSA) is 46.2 Å². The fourth-order valence-corrected chi connectivity index (χ4v) is 4.20. The van der Waals surface area contributed by atoms with Gasteiger partial charge in [0.15, 0.2) is 0 Å². The summed E-state index contributed by atoms with van der Waals surface area (Å²) >= 11 is 6.91. The Kier molecular flexibility index (Phi) is 3.85. The van der Waals surface area contributed by atoms with Crippen molar-refractivity contribution in [3.05, 3.63) is 45.8 Å². The number of sulfonamides is 1. The van der Waals surface area contributed by atoms with E-state index in [9.17, 15) is 8.42 Å². The van der Waals surface area contributed by atoms with Gasteiger partial charge in [-0.05, 0) is 36.8 Å². The lowest BCUT2D eigenvalue weighted by Gasteiger charge is -2.06. The van der Waals surface area contributed by atoms with E-state index in [1.54, 1.807) is 37.3 Å². The van der Waals surface area contributed by atoms with Gasteiger partial charge in [0.2, 0.25) is 0 Å². The number of terminal acetylenes is 1. The lowest BCUT2D eigenvalue weighted by Crippen LogP contribution is -2.11. The highest BCUT2D eigenvalue weighted by Crippen LogP contribution is 2.31. The number of thiophene rings is 1. The molecule has 0 fully saturated rings. The largest absolute Gasteiger partial charge is 0.279 e. The van der Waals surface area contributed by atoms with Gasteiger partial charge >= 0.3 is 0 Å². The van der Waals surface area contributed by atoms with E-state index in [0.717, 1.165) is 16.9 Å². The highest BCUT2D eigenvalue weighted by atomic mass is 35.5. The molecular weight excluding hydrogens is 302 g/mol. The fraction of sp³-hybridized carbons (Fsp3) is 0.0769. The third-order valence-electron chi connectivity index (χ3n) is 2.38. The van der Waals surface area contributed by atoms with E-state index in [4.69, 9.17) is 18.0 Å². The van der Waals surface area contributed by atoms with Gasteiger partial charge in [-0.25, -0.2) is 8.42 Å². The Balaban J connectivity index is 2.34. The van der Waals surface area contributed by atoms with E-state index >= 15 is 0 Å². The second kappa shape index (κ2) is 5.25. The summed E-state index contributed by atoms with van der Waals surface area (Å²) in [5, 5.41) is 0. The van der Waals surface area contributed by atoms with Crippen molar-refractivity contribution in [2.75, 3.05) is 4.72 Å². The highest BCUT2D eigenvalue weighted by molar-refractivity contribution is 7.94. The molecule has 2 rings (SSSR count). The SMILES string of the molecule is C#Cc1cccc(NS(=O)(=O)c2cc(C)c(Cl)s2)c1. The maximum absolute atomic E-state index is 12.2. The van der Waals surface area contributed by atoms with Crippen molar-refractivity contribution in [2.24, 2.45) is 0 Å². The number of rotatable bonds is 3. The molecule has 1 aromatic carbocycles. The van der Waals surface area contributed by atoms with E-state index in [2.05, 4.69) is 10.6 Å². The van der Waals surface area contributed by atoms with Gasteiger partial charge in [0.25, 0.3) is 10.0 Å². The molecule has 0 aliphatic carbocycles. The zero-order valence-electron chi connectivity index (χ0n) is 9.98. The van der Waals surface area contributed by atoms with Crippen LogP contribution >= 0.6 is 22.9 Å². The standard InChI is InChI=1S/C13H10ClNO2S2/c1-3-10-5-4-6-11(8-10)15-19(16,17)12-7-9(2)13(14)18-12/h1,4-8,15H,2H3. The second-order valence-electron chi connectivity index (χ2n) is 3.85. The average Bonchev–Trinajstić information content (AvgIpc) is 2.70. The maximum atomic E-state index is 12.2. The summed E-state index contributed by atoms with van der Waals surface area (Å²) in [6.45, 7) is 1.76. The van der Waals surface area contributed by atoms with Crippen LogP contribution in [0.2, 0.25) is 4.34 Å². The first-order valence-corrected chi connectivity index (χ1v) is 7.95. The van der Waals surface area contributed by atoms with Crippen LogP contribution in [-0.2, 0) is 10.0 Å². The van der Waals surface area contributed by atoms with Gasteiger partial charge in [0.05, 0.1) is 10.0 Å². The molecule has 0 unspecified atom stereocenters. The Morgan fingerprint density at radius 1 is 1.37 bits per heavy atom. The predicted octanol–water partition coefficient (Wildman–Crippen LogP) is 3.49. The molecule has 6 heteroatoms. The predicted molar refractivity (Wildman–Crippen MR) is 79.3 cm³/mol. The van der Waals surface area contributed by atoms with Crippen molar-refractivity contribution < 1.29 is 8.42 Å². The van der Waals surface area contributed by atoms with Crippen LogP contribution < -0.4 is 4.72 Å². The molecule has 1 heterocycles. The normalized spacial score (nSPS) is 11.0. The third kappa shape index (κ3) is 3.10. The summed E-state index contributed by atoms with van der Waals surface area (Å²) in [6.07, 6.45) is 5.27. The van der Waals surface area contributed by atoms with Gasteiger partial charge in [-0.3, -0.25) is 4.72 Å². The Bertz CT molecular complexity index is 738. The molecule has 0 saturated carbocycles. The lowest BCUT2D eigenvalue weighted by molar-refractivity contribution is 0.603. The molecule has 0 aliphatic rings. The first kappa shape index (κ1) is 13.9. The smallest absolute Gasteiger partial charge is 0.271 e. The van der Waals surface area contributed by atoms with Crippen LogP contribution in [0.25, 0.3) is 0 Å². The molecule has 1 N–H and O–H groups in total. The van der Waals surface area contributed by atoms with Gasteiger partial charge in [0, 0.05) is 5.56 Å². The van der Waals surface area contributed by atoms with E-state index in [0.29, 0.717) is 15.6 Å². The summed E-state index contributed by atoms with van der Waals surface area (Å²) in [6, 6.07) is 8.20. The number of benzene rings is 1. The number of hydrogen-bond acceptors (Lipinski definition) is 3. The minimum absolute atomic E-state index is 0.182. The molecule has 2 aromatic rings. The first-order valence-electron chi connectivity index (χ1n) is 5.28. The summed E-state index contributed by atoms with van der Waals surface area (Å²) < 4.78 is 27.4. The molecule has 0 bridgehead atoms. The summed E-state index contributed by atoms with van der Waals surface area (Å²) in [5.74, 6) is 2.45. The van der Waals surface area contributed by atoms with Crippen LogP contribution in [0.3, 0.4) is 0 Å². The average molecular weight is 312 g/mol. The Labute approximate surface area is 121 Å². The van der Waals surface area contributed by atoms with E-state index in [1.165, 1.54) is 0 Å². The molecule has 0 spiro atoms. The van der Waals surface area contributed by atoms with Gasteiger partial charge in [-0.2, -0.15) is 0 Å². The molecule has 98 valence electrons. The highest BCUT2D eigenvalue weighted by Gasteiger charge is 2.18. The second-order valence-corrected chi connectivity index (χ2v) is 7.42. The molecule has 1 aromatic heterocycles. The lowest BCUT2D eigenvalue weighted by atomic mass is 10.2. The first-order chi connectivity index (χ1) is 8.92. The Hall–Kier alpha value is -1.48. The third-order valence-corrected chi connectivity index (χ3v) is 5.79. The monoisotopic (exact) mass is 311 g/mol. The van der Waals surface area contributed by atoms with Crippen LogP contribution in [0.1, 0.15) is 11.1 Å². The number of nitrogens with one attached hydrogen (secondary N) is 1. The number of hydrogen-bond donors (Lipinski definition) is 1. The zero-order valence-corrected chi connectivity index (χ0v) is 12.4. The zero-order chi connectivity index (χ0) is 14.0. The molecule has 0 amide bonds. The maximum Gasteiger partial charge on any atom is 0.271 e. The number of anilines is 1. The number of aryl methyl sites for hydroxylation is 1. The molecule has 0 saturated heterocycles. The molecule has 0 radical (unpaired) electrons. The van der Waals surface area contributed by atoms with Crippen LogP contribution in [0, 0.1) is 19.3 Å². The van der Waals surface area contributed by atoms with Crippen LogP contribution in [0.5, 0.6) is 0 Å². The van der Waals surface area contributed by atoms with E-state index in [-0.39, 0.29) is 4.21 Å². The van der Waals surface area contributed by atoms with Crippen molar-refractivity contribution in [3.8, 4) is 12.3 Å². The van der Waals surface area contributed by atoms with Gasteiger partial charge in [0.1, 0.15) is 4.21 Å². The summed E-state index contributed by atoms with van der Waals surface area (Å²) in [7, 11) is -3.62. The van der Waals surface area contributed by atoms with Gasteiger partial charge in [-0.15, -0.1) is 17.8 Å². The Morgan fingerprint density at radius 2 is 2.11 bits per heavy atom. The Morgan fingerprint density at radius 3 is 2.68 bits per heavy atom. The van der Waals surface area contributed by atoms with Crippen LogP contribution in [0.15, 0.2) is 34.5 Å². The quantitative estimate of drug-likeness (QED) is 0.882. The van der Waals surface area contributed by atoms with Crippen LogP contribution in [0.4, 0.5) is 5.69 Å². The molecular formula is C13H10ClNO2S2. The van der Waals surface area contributed by atoms with Gasteiger partial charge < -0.3 is 0 Å². The van der Waals surface area contributed by atoms with Crippen molar-refractivity contribution >= 4 is 38.6 Å². The fourth-order valence-electron chi connectivity index (χ4n) is 1.44. The van der Waals surface area contributed by atoms with Crippen molar-refractivity contribution in [2.45, 2.75) is 11.1 Å². The summed E-state index contributed by atoms with van der Waals surface area (Å²) in [4.78, 5) is 0.